The predicted molar refractivity (Wildman–Crippen MR) is 109 cm³/mol. The minimum Gasteiger partial charge on any atom is -0.353 e. The number of urea groups is 1. The summed E-state index contributed by atoms with van der Waals surface area (Å²) in [6, 6.07) is 7.43. The fraction of sp³-hybridized carbons (Fsp3) is 0.619. The molecule has 1 saturated heterocycles. The Morgan fingerprint density at radius 1 is 1.04 bits per heavy atom. The molecule has 1 aliphatic carbocycles. The first-order valence-electron chi connectivity index (χ1n) is 10.2. The number of halogens is 1. The molecule has 1 aliphatic heterocycles. The van der Waals surface area contributed by atoms with Crippen LogP contribution in [0.2, 0.25) is 5.02 Å². The minimum absolute atomic E-state index is 0.0753. The molecule has 3 rings (SSSR count). The number of carbonyl (C=O) groups is 2. The molecule has 1 atom stereocenters. The van der Waals surface area contributed by atoms with Crippen LogP contribution >= 0.6 is 11.6 Å². The van der Waals surface area contributed by atoms with Crippen molar-refractivity contribution < 1.29 is 9.59 Å². The van der Waals surface area contributed by atoms with Crippen LogP contribution < -0.4 is 10.6 Å². The smallest absolute Gasteiger partial charge is 0.321 e. The van der Waals surface area contributed by atoms with Crippen LogP contribution in [0.5, 0.6) is 0 Å². The molecule has 148 valence electrons. The number of benzene rings is 1. The maximum absolute atomic E-state index is 12.5. The molecular formula is C21H30ClN3O2. The number of likely N-dealkylation sites (tertiary alicyclic amines) is 1. The highest BCUT2D eigenvalue weighted by atomic mass is 35.5. The Morgan fingerprint density at radius 2 is 1.78 bits per heavy atom. The summed E-state index contributed by atoms with van der Waals surface area (Å²) in [5.74, 6) is 0.566. The van der Waals surface area contributed by atoms with Gasteiger partial charge >= 0.3 is 6.03 Å². The van der Waals surface area contributed by atoms with Crippen LogP contribution in [0, 0.1) is 5.92 Å². The van der Waals surface area contributed by atoms with Crippen molar-refractivity contribution in [3.63, 3.8) is 0 Å². The van der Waals surface area contributed by atoms with Crippen molar-refractivity contribution in [2.45, 2.75) is 63.8 Å². The van der Waals surface area contributed by atoms with Gasteiger partial charge in [-0.3, -0.25) is 4.79 Å². The van der Waals surface area contributed by atoms with E-state index < -0.39 is 0 Å². The Labute approximate surface area is 166 Å². The molecule has 2 aliphatic rings. The van der Waals surface area contributed by atoms with Crippen molar-refractivity contribution >= 4 is 29.2 Å². The lowest BCUT2D eigenvalue weighted by Gasteiger charge is -2.33. The van der Waals surface area contributed by atoms with Crippen molar-refractivity contribution in [1.29, 1.82) is 0 Å². The van der Waals surface area contributed by atoms with Crippen LogP contribution in [-0.2, 0) is 4.79 Å². The quantitative estimate of drug-likeness (QED) is 0.756. The fourth-order valence-electron chi connectivity index (χ4n) is 4.10. The molecule has 0 radical (unpaired) electrons. The lowest BCUT2D eigenvalue weighted by Crippen LogP contribution is -2.42. The second-order valence-electron chi connectivity index (χ2n) is 7.83. The van der Waals surface area contributed by atoms with Gasteiger partial charge in [0.05, 0.1) is 0 Å². The second-order valence-corrected chi connectivity index (χ2v) is 8.27. The largest absolute Gasteiger partial charge is 0.353 e. The van der Waals surface area contributed by atoms with Crippen molar-refractivity contribution in [3.05, 3.63) is 29.3 Å². The van der Waals surface area contributed by atoms with Gasteiger partial charge in [0.2, 0.25) is 5.91 Å². The summed E-state index contributed by atoms with van der Waals surface area (Å²) in [7, 11) is 0. The summed E-state index contributed by atoms with van der Waals surface area (Å²) >= 11 is 5.88. The molecule has 6 heteroatoms. The molecule has 2 fully saturated rings. The molecule has 2 N–H and O–H groups in total. The lowest BCUT2D eigenvalue weighted by atomic mass is 9.92. The van der Waals surface area contributed by atoms with Crippen LogP contribution in [0.1, 0.15) is 57.8 Å². The molecule has 5 nitrogen and oxygen atoms in total. The minimum atomic E-state index is -0.0753. The molecule has 1 heterocycles. The number of rotatable bonds is 5. The van der Waals surface area contributed by atoms with Crippen molar-refractivity contribution in [2.24, 2.45) is 5.92 Å². The zero-order valence-electron chi connectivity index (χ0n) is 15.9. The topological polar surface area (TPSA) is 61.4 Å². The van der Waals surface area contributed by atoms with Gasteiger partial charge in [-0.2, -0.15) is 0 Å². The van der Waals surface area contributed by atoms with Gasteiger partial charge in [-0.05, 0) is 62.3 Å². The third-order valence-corrected chi connectivity index (χ3v) is 5.90. The number of hydrogen-bond acceptors (Lipinski definition) is 2. The highest BCUT2D eigenvalue weighted by Gasteiger charge is 2.24. The monoisotopic (exact) mass is 391 g/mol. The SMILES string of the molecule is O=C(CC[C@@H]1CCCN(C(=O)Nc2ccc(Cl)cc2)C1)NC1CCCCC1. The van der Waals surface area contributed by atoms with Crippen LogP contribution in [-0.4, -0.2) is 36.0 Å². The molecule has 0 spiro atoms. The first kappa shape index (κ1) is 20.0. The van der Waals surface area contributed by atoms with Crippen LogP contribution in [0.25, 0.3) is 0 Å². The summed E-state index contributed by atoms with van der Waals surface area (Å²) in [6.07, 6.45) is 9.47. The second kappa shape index (κ2) is 9.98. The van der Waals surface area contributed by atoms with E-state index in [1.807, 2.05) is 4.90 Å². The van der Waals surface area contributed by atoms with Gasteiger partial charge < -0.3 is 15.5 Å². The molecule has 1 aromatic carbocycles. The number of amides is 3. The van der Waals surface area contributed by atoms with E-state index in [9.17, 15) is 9.59 Å². The van der Waals surface area contributed by atoms with Crippen molar-refractivity contribution in [2.75, 3.05) is 18.4 Å². The van der Waals surface area contributed by atoms with Crippen molar-refractivity contribution in [1.82, 2.24) is 10.2 Å². The van der Waals surface area contributed by atoms with Gasteiger partial charge in [-0.15, -0.1) is 0 Å². The van der Waals surface area contributed by atoms with E-state index in [-0.39, 0.29) is 11.9 Å². The zero-order chi connectivity index (χ0) is 19.1. The molecule has 0 aromatic heterocycles. The number of nitrogens with zero attached hydrogens (tertiary/aromatic N) is 1. The first-order valence-corrected chi connectivity index (χ1v) is 10.6. The third kappa shape index (κ3) is 6.42. The normalized spacial score (nSPS) is 20.9. The Bertz CT molecular complexity index is 629. The summed E-state index contributed by atoms with van der Waals surface area (Å²) in [4.78, 5) is 26.6. The number of carbonyl (C=O) groups excluding carboxylic acids is 2. The summed E-state index contributed by atoms with van der Waals surface area (Å²) < 4.78 is 0. The molecule has 0 unspecified atom stereocenters. The summed E-state index contributed by atoms with van der Waals surface area (Å²) in [5.41, 5.74) is 0.749. The van der Waals surface area contributed by atoms with Crippen LogP contribution in [0.3, 0.4) is 0 Å². The number of hydrogen-bond donors (Lipinski definition) is 2. The molecule has 1 aromatic rings. The molecule has 3 amide bonds. The van der Waals surface area contributed by atoms with Gasteiger partial charge in [0.15, 0.2) is 0 Å². The molecular weight excluding hydrogens is 362 g/mol. The van der Waals surface area contributed by atoms with E-state index in [4.69, 9.17) is 11.6 Å². The Balaban J connectivity index is 1.41. The zero-order valence-corrected chi connectivity index (χ0v) is 16.6. The van der Waals surface area contributed by atoms with Gasteiger partial charge in [0.25, 0.3) is 0 Å². The number of piperidine rings is 1. The maximum Gasteiger partial charge on any atom is 0.321 e. The van der Waals surface area contributed by atoms with Crippen LogP contribution in [0.4, 0.5) is 10.5 Å². The van der Waals surface area contributed by atoms with Crippen molar-refractivity contribution in [3.8, 4) is 0 Å². The number of nitrogens with one attached hydrogen (secondary N) is 2. The van der Waals surface area contributed by atoms with Gasteiger partial charge in [-0.25, -0.2) is 4.79 Å². The fourth-order valence-corrected chi connectivity index (χ4v) is 4.23. The van der Waals surface area contributed by atoms with E-state index >= 15 is 0 Å². The van der Waals surface area contributed by atoms with E-state index in [0.717, 1.165) is 50.9 Å². The third-order valence-electron chi connectivity index (χ3n) is 5.65. The average Bonchev–Trinajstić information content (AvgIpc) is 2.69. The van der Waals surface area contributed by atoms with E-state index in [0.29, 0.717) is 23.4 Å². The van der Waals surface area contributed by atoms with E-state index in [2.05, 4.69) is 10.6 Å². The molecule has 27 heavy (non-hydrogen) atoms. The Morgan fingerprint density at radius 3 is 2.52 bits per heavy atom. The highest BCUT2D eigenvalue weighted by molar-refractivity contribution is 6.30. The van der Waals surface area contributed by atoms with Crippen LogP contribution in [0.15, 0.2) is 24.3 Å². The average molecular weight is 392 g/mol. The molecule has 0 bridgehead atoms. The van der Waals surface area contributed by atoms with Gasteiger partial charge in [0, 0.05) is 36.3 Å². The highest BCUT2D eigenvalue weighted by Crippen LogP contribution is 2.23. The maximum atomic E-state index is 12.5. The summed E-state index contributed by atoms with van der Waals surface area (Å²) in [5, 5.41) is 6.77. The first-order chi connectivity index (χ1) is 13.1. The number of anilines is 1. The molecule has 1 saturated carbocycles. The standard InChI is InChI=1S/C21H30ClN3O2/c22-17-9-11-19(12-10-17)24-21(27)25-14-4-5-16(15-25)8-13-20(26)23-18-6-2-1-3-7-18/h9-12,16,18H,1-8,13-15H2,(H,23,26)(H,24,27)/t16-/m0/s1. The summed E-state index contributed by atoms with van der Waals surface area (Å²) in [6.45, 7) is 1.49. The Kier molecular flexibility index (Phi) is 7.39. The predicted octanol–water partition coefficient (Wildman–Crippen LogP) is 4.81. The van der Waals surface area contributed by atoms with E-state index in [1.54, 1.807) is 24.3 Å². The Hall–Kier alpha value is -1.75. The van der Waals surface area contributed by atoms with Gasteiger partial charge in [0.1, 0.15) is 0 Å². The lowest BCUT2D eigenvalue weighted by molar-refractivity contribution is -0.122. The van der Waals surface area contributed by atoms with Gasteiger partial charge in [-0.1, -0.05) is 30.9 Å². The van der Waals surface area contributed by atoms with E-state index in [1.165, 1.54) is 19.3 Å².